The van der Waals surface area contributed by atoms with Gasteiger partial charge in [-0.05, 0) is 31.2 Å². The zero-order chi connectivity index (χ0) is 15.7. The maximum Gasteiger partial charge on any atom is 0.262 e. The van der Waals surface area contributed by atoms with E-state index >= 15 is 0 Å². The van der Waals surface area contributed by atoms with E-state index in [9.17, 15) is 14.4 Å². The number of nitrogens with one attached hydrogen (secondary N) is 1. The lowest BCUT2D eigenvalue weighted by Crippen LogP contribution is -2.47. The Morgan fingerprint density at radius 2 is 1.77 bits per heavy atom. The lowest BCUT2D eigenvalue weighted by atomic mass is 10.1. The molecule has 3 rings (SSSR count). The smallest absolute Gasteiger partial charge is 0.262 e. The molecule has 1 aliphatic rings. The van der Waals surface area contributed by atoms with Crippen LogP contribution >= 0.6 is 0 Å². The molecule has 0 saturated carbocycles. The van der Waals surface area contributed by atoms with Gasteiger partial charge in [0, 0.05) is 0 Å². The molecule has 1 aromatic heterocycles. The first kappa shape index (κ1) is 14.1. The van der Waals surface area contributed by atoms with Gasteiger partial charge in [-0.25, -0.2) is 0 Å². The minimum Gasteiger partial charge on any atom is -0.467 e. The van der Waals surface area contributed by atoms with Crippen molar-refractivity contribution in [1.29, 1.82) is 0 Å². The van der Waals surface area contributed by atoms with Crippen molar-refractivity contribution in [3.05, 3.63) is 59.5 Å². The molecule has 2 heterocycles. The second-order valence-electron chi connectivity index (χ2n) is 5.00. The number of nitrogens with zero attached hydrogens (tertiary/aromatic N) is 1. The van der Waals surface area contributed by atoms with E-state index in [1.165, 1.54) is 13.2 Å². The third kappa shape index (κ3) is 2.28. The number of hydrogen-bond acceptors (Lipinski definition) is 4. The van der Waals surface area contributed by atoms with Crippen LogP contribution in [0.2, 0.25) is 0 Å². The van der Waals surface area contributed by atoms with Crippen LogP contribution in [-0.2, 0) is 11.3 Å². The van der Waals surface area contributed by atoms with Crippen molar-refractivity contribution >= 4 is 17.7 Å². The van der Waals surface area contributed by atoms with Crippen molar-refractivity contribution in [2.45, 2.75) is 19.5 Å². The van der Waals surface area contributed by atoms with E-state index < -0.39 is 23.8 Å². The highest BCUT2D eigenvalue weighted by Gasteiger charge is 2.40. The Morgan fingerprint density at radius 1 is 1.14 bits per heavy atom. The number of rotatable bonds is 4. The Hall–Kier alpha value is -2.89. The van der Waals surface area contributed by atoms with E-state index in [0.717, 1.165) is 4.90 Å². The zero-order valence-electron chi connectivity index (χ0n) is 11.9. The number of benzene rings is 1. The van der Waals surface area contributed by atoms with Crippen molar-refractivity contribution in [1.82, 2.24) is 10.2 Å². The Morgan fingerprint density at radius 3 is 2.32 bits per heavy atom. The SMILES string of the molecule is C[C@H](C(=O)NCc1ccco1)N1C(=O)c2ccccc2C1=O. The molecular formula is C16H14N2O4. The molecule has 0 spiro atoms. The highest BCUT2D eigenvalue weighted by atomic mass is 16.3. The summed E-state index contributed by atoms with van der Waals surface area (Å²) >= 11 is 0. The van der Waals surface area contributed by atoms with Crippen LogP contribution < -0.4 is 5.32 Å². The summed E-state index contributed by atoms with van der Waals surface area (Å²) < 4.78 is 5.12. The van der Waals surface area contributed by atoms with Crippen LogP contribution in [0.3, 0.4) is 0 Å². The van der Waals surface area contributed by atoms with Gasteiger partial charge in [-0.3, -0.25) is 19.3 Å². The first-order valence-corrected chi connectivity index (χ1v) is 6.86. The van der Waals surface area contributed by atoms with E-state index in [0.29, 0.717) is 16.9 Å². The zero-order valence-corrected chi connectivity index (χ0v) is 11.9. The number of amides is 3. The number of imide groups is 1. The van der Waals surface area contributed by atoms with E-state index in [1.807, 2.05) is 0 Å². The molecule has 6 heteroatoms. The van der Waals surface area contributed by atoms with E-state index in [-0.39, 0.29) is 6.54 Å². The standard InChI is InChI=1S/C16H14N2O4/c1-10(14(19)17-9-11-5-4-8-22-11)18-15(20)12-6-2-3-7-13(12)16(18)21/h2-8,10H,9H2,1H3,(H,17,19)/t10-/m1/s1. The average Bonchev–Trinajstić information content (AvgIpc) is 3.13. The van der Waals surface area contributed by atoms with Gasteiger partial charge in [0.1, 0.15) is 11.8 Å². The normalized spacial score (nSPS) is 14.9. The highest BCUT2D eigenvalue weighted by Crippen LogP contribution is 2.24. The fourth-order valence-electron chi connectivity index (χ4n) is 2.41. The minimum absolute atomic E-state index is 0.208. The second kappa shape index (κ2) is 5.48. The van der Waals surface area contributed by atoms with Gasteiger partial charge in [0.15, 0.2) is 0 Å². The third-order valence-electron chi connectivity index (χ3n) is 3.61. The van der Waals surface area contributed by atoms with Gasteiger partial charge >= 0.3 is 0 Å². The predicted octanol–water partition coefficient (Wildman–Crippen LogP) is 1.58. The lowest BCUT2D eigenvalue weighted by Gasteiger charge is -2.21. The Kier molecular flexibility index (Phi) is 3.50. The molecule has 0 unspecified atom stereocenters. The fourth-order valence-corrected chi connectivity index (χ4v) is 2.41. The monoisotopic (exact) mass is 298 g/mol. The number of hydrogen-bond donors (Lipinski definition) is 1. The maximum absolute atomic E-state index is 12.3. The summed E-state index contributed by atoms with van der Waals surface area (Å²) in [6.45, 7) is 1.73. The molecule has 3 amide bonds. The van der Waals surface area contributed by atoms with Crippen LogP contribution in [0.4, 0.5) is 0 Å². The Bertz CT molecular complexity index is 701. The Labute approximate surface area is 126 Å². The van der Waals surface area contributed by atoms with Crippen molar-refractivity contribution in [2.75, 3.05) is 0 Å². The summed E-state index contributed by atoms with van der Waals surface area (Å²) in [6, 6.07) is 9.11. The van der Waals surface area contributed by atoms with Gasteiger partial charge in [0.25, 0.3) is 11.8 Å². The van der Waals surface area contributed by atoms with Crippen molar-refractivity contribution in [2.24, 2.45) is 0 Å². The minimum atomic E-state index is -0.887. The number of carbonyl (C=O) groups excluding carboxylic acids is 3. The van der Waals surface area contributed by atoms with Crippen LogP contribution in [0, 0.1) is 0 Å². The summed E-state index contributed by atoms with van der Waals surface area (Å²) in [4.78, 5) is 37.7. The van der Waals surface area contributed by atoms with Gasteiger partial charge < -0.3 is 9.73 Å². The van der Waals surface area contributed by atoms with Crippen molar-refractivity contribution in [3.8, 4) is 0 Å². The lowest BCUT2D eigenvalue weighted by molar-refractivity contribution is -0.124. The fraction of sp³-hybridized carbons (Fsp3) is 0.188. The largest absolute Gasteiger partial charge is 0.467 e. The van der Waals surface area contributed by atoms with Crippen molar-refractivity contribution in [3.63, 3.8) is 0 Å². The van der Waals surface area contributed by atoms with Crippen LogP contribution in [0.15, 0.2) is 47.1 Å². The molecule has 22 heavy (non-hydrogen) atoms. The number of carbonyl (C=O) groups is 3. The van der Waals surface area contributed by atoms with E-state index in [4.69, 9.17) is 4.42 Å². The number of fused-ring (bicyclic) bond motifs is 1. The predicted molar refractivity (Wildman–Crippen MR) is 77.0 cm³/mol. The summed E-state index contributed by atoms with van der Waals surface area (Å²) in [6.07, 6.45) is 1.51. The van der Waals surface area contributed by atoms with E-state index in [1.54, 1.807) is 36.4 Å². The van der Waals surface area contributed by atoms with Crippen LogP contribution in [0.25, 0.3) is 0 Å². The molecule has 0 fully saturated rings. The highest BCUT2D eigenvalue weighted by molar-refractivity contribution is 6.22. The van der Waals surface area contributed by atoms with Crippen LogP contribution in [0.1, 0.15) is 33.4 Å². The van der Waals surface area contributed by atoms with Crippen molar-refractivity contribution < 1.29 is 18.8 Å². The molecule has 1 N–H and O–H groups in total. The number of furan rings is 1. The molecule has 0 radical (unpaired) electrons. The second-order valence-corrected chi connectivity index (χ2v) is 5.00. The van der Waals surface area contributed by atoms with Gasteiger partial charge in [0.2, 0.25) is 5.91 Å². The quantitative estimate of drug-likeness (QED) is 0.869. The molecular weight excluding hydrogens is 284 g/mol. The average molecular weight is 298 g/mol. The van der Waals surface area contributed by atoms with E-state index in [2.05, 4.69) is 5.32 Å². The third-order valence-corrected chi connectivity index (χ3v) is 3.61. The first-order chi connectivity index (χ1) is 10.6. The molecule has 0 aliphatic carbocycles. The molecule has 1 atom stereocenters. The maximum atomic E-state index is 12.3. The van der Waals surface area contributed by atoms with Crippen LogP contribution in [-0.4, -0.2) is 28.7 Å². The van der Waals surface area contributed by atoms with Gasteiger partial charge in [0.05, 0.1) is 23.9 Å². The van der Waals surface area contributed by atoms with Gasteiger partial charge in [-0.2, -0.15) is 0 Å². The summed E-state index contributed by atoms with van der Waals surface area (Å²) in [5.74, 6) is -0.698. The summed E-state index contributed by atoms with van der Waals surface area (Å²) in [5, 5.41) is 2.65. The van der Waals surface area contributed by atoms with Gasteiger partial charge in [-0.1, -0.05) is 12.1 Å². The molecule has 1 aliphatic heterocycles. The first-order valence-electron chi connectivity index (χ1n) is 6.86. The van der Waals surface area contributed by atoms with Gasteiger partial charge in [-0.15, -0.1) is 0 Å². The Balaban J connectivity index is 1.73. The molecule has 1 aromatic carbocycles. The summed E-state index contributed by atoms with van der Waals surface area (Å²) in [7, 11) is 0. The summed E-state index contributed by atoms with van der Waals surface area (Å²) in [5.41, 5.74) is 0.663. The van der Waals surface area contributed by atoms with Crippen LogP contribution in [0.5, 0.6) is 0 Å². The molecule has 0 saturated heterocycles. The molecule has 0 bridgehead atoms. The topological polar surface area (TPSA) is 79.6 Å². The molecule has 2 aromatic rings. The molecule has 6 nitrogen and oxygen atoms in total. The molecule has 112 valence electrons.